The third-order valence-electron chi connectivity index (χ3n) is 7.95. The van der Waals surface area contributed by atoms with Crippen molar-refractivity contribution in [3.05, 3.63) is 12.3 Å². The number of carbonyl (C=O) groups is 2. The van der Waals surface area contributed by atoms with Gasteiger partial charge in [-0.25, -0.2) is 4.98 Å². The summed E-state index contributed by atoms with van der Waals surface area (Å²) in [4.78, 5) is 36.5. The largest absolute Gasteiger partial charge is 0.493 e. The van der Waals surface area contributed by atoms with Gasteiger partial charge < -0.3 is 24.5 Å². The van der Waals surface area contributed by atoms with Crippen molar-refractivity contribution in [3.63, 3.8) is 0 Å². The Kier molecular flexibility index (Phi) is 5.73. The van der Waals surface area contributed by atoms with Crippen LogP contribution in [0, 0.1) is 5.41 Å². The van der Waals surface area contributed by atoms with Crippen LogP contribution in [0.4, 0.5) is 11.5 Å². The van der Waals surface area contributed by atoms with E-state index >= 15 is 0 Å². The molecule has 32 heavy (non-hydrogen) atoms. The lowest BCUT2D eigenvalue weighted by Crippen LogP contribution is -2.50. The molecule has 1 aliphatic carbocycles. The predicted octanol–water partition coefficient (Wildman–Crippen LogP) is 2.34. The standard InChI is InChI=1S/C24H34N4O4/c1-32-20-14-18(27-12-2-4-21(27)30)15-25-22(20)26-11-3-9-24(16-26)10-13-28(23(24)31)17-5-7-19(29)8-6-17/h14-15,17,19,29H,2-13,16H2,1H3/t17-,19+,24-/m0/s1. The molecule has 3 saturated heterocycles. The minimum atomic E-state index is -0.357. The minimum absolute atomic E-state index is 0.130. The number of methoxy groups -OCH3 is 1. The molecule has 1 aromatic heterocycles. The molecule has 2 amide bonds. The molecule has 174 valence electrons. The first-order valence-electron chi connectivity index (χ1n) is 12.1. The van der Waals surface area contributed by atoms with E-state index in [4.69, 9.17) is 9.72 Å². The predicted molar refractivity (Wildman–Crippen MR) is 121 cm³/mol. The van der Waals surface area contributed by atoms with Crippen molar-refractivity contribution < 1.29 is 19.4 Å². The van der Waals surface area contributed by atoms with E-state index in [1.54, 1.807) is 18.2 Å². The van der Waals surface area contributed by atoms with E-state index in [-0.39, 0.29) is 29.4 Å². The number of pyridine rings is 1. The second kappa shape index (κ2) is 8.54. The second-order valence-electron chi connectivity index (χ2n) is 9.88. The molecule has 4 aliphatic rings. The summed E-state index contributed by atoms with van der Waals surface area (Å²) in [5, 5.41) is 9.84. The number of rotatable bonds is 4. The lowest BCUT2D eigenvalue weighted by Gasteiger charge is -2.41. The molecule has 0 bridgehead atoms. The summed E-state index contributed by atoms with van der Waals surface area (Å²) in [6.07, 6.45) is 9.13. The van der Waals surface area contributed by atoms with Crippen molar-refractivity contribution in [2.24, 2.45) is 5.41 Å². The minimum Gasteiger partial charge on any atom is -0.493 e. The van der Waals surface area contributed by atoms with E-state index in [0.29, 0.717) is 18.7 Å². The monoisotopic (exact) mass is 442 g/mol. The number of aromatic nitrogens is 1. The molecule has 1 aromatic rings. The van der Waals surface area contributed by atoms with E-state index in [0.717, 1.165) is 82.5 Å². The Bertz CT molecular complexity index is 885. The first-order chi connectivity index (χ1) is 15.5. The van der Waals surface area contributed by atoms with E-state index in [9.17, 15) is 14.7 Å². The third-order valence-corrected chi connectivity index (χ3v) is 7.95. The molecule has 0 radical (unpaired) electrons. The molecule has 0 unspecified atom stereocenters. The average Bonchev–Trinajstić information content (AvgIpc) is 3.37. The van der Waals surface area contributed by atoms with Gasteiger partial charge >= 0.3 is 0 Å². The van der Waals surface area contributed by atoms with Crippen molar-refractivity contribution in [2.45, 2.75) is 69.9 Å². The number of nitrogens with zero attached hydrogens (tertiary/aromatic N) is 4. The smallest absolute Gasteiger partial charge is 0.230 e. The van der Waals surface area contributed by atoms with Crippen LogP contribution in [0.5, 0.6) is 5.75 Å². The molecule has 0 aromatic carbocycles. The first kappa shape index (κ1) is 21.5. The lowest BCUT2D eigenvalue weighted by molar-refractivity contribution is -0.139. The van der Waals surface area contributed by atoms with Gasteiger partial charge in [-0.3, -0.25) is 9.59 Å². The highest BCUT2D eigenvalue weighted by molar-refractivity contribution is 5.95. The highest BCUT2D eigenvalue weighted by atomic mass is 16.5. The van der Waals surface area contributed by atoms with E-state index in [1.807, 2.05) is 6.07 Å². The molecular weight excluding hydrogens is 408 g/mol. The third kappa shape index (κ3) is 3.72. The lowest BCUT2D eigenvalue weighted by atomic mass is 9.78. The maximum atomic E-state index is 13.6. The highest BCUT2D eigenvalue weighted by Crippen LogP contribution is 2.44. The average molecular weight is 443 g/mol. The van der Waals surface area contributed by atoms with Crippen LogP contribution >= 0.6 is 0 Å². The summed E-state index contributed by atoms with van der Waals surface area (Å²) < 4.78 is 5.68. The Hall–Kier alpha value is -2.35. The van der Waals surface area contributed by atoms with Gasteiger partial charge in [0.05, 0.1) is 30.5 Å². The number of ether oxygens (including phenoxy) is 1. The van der Waals surface area contributed by atoms with Crippen LogP contribution in [0.2, 0.25) is 0 Å². The molecule has 1 N–H and O–H groups in total. The maximum absolute atomic E-state index is 13.6. The normalized spacial score (nSPS) is 31.1. The number of piperidine rings is 1. The van der Waals surface area contributed by atoms with Crippen molar-refractivity contribution in [1.82, 2.24) is 9.88 Å². The summed E-state index contributed by atoms with van der Waals surface area (Å²) in [6.45, 7) is 3.03. The van der Waals surface area contributed by atoms with Gasteiger partial charge in [-0.1, -0.05) is 0 Å². The van der Waals surface area contributed by atoms with E-state index in [2.05, 4.69) is 9.80 Å². The Morgan fingerprint density at radius 1 is 1.09 bits per heavy atom. The van der Waals surface area contributed by atoms with Gasteiger partial charge in [-0.15, -0.1) is 0 Å². The van der Waals surface area contributed by atoms with Crippen LogP contribution in [-0.2, 0) is 9.59 Å². The summed E-state index contributed by atoms with van der Waals surface area (Å²) in [5.41, 5.74) is 0.423. The topological polar surface area (TPSA) is 86.2 Å². The fraction of sp³-hybridized carbons (Fsp3) is 0.708. The number of anilines is 2. The van der Waals surface area contributed by atoms with Crippen LogP contribution < -0.4 is 14.5 Å². The summed E-state index contributed by atoms with van der Waals surface area (Å²) in [5.74, 6) is 1.82. The zero-order chi connectivity index (χ0) is 22.3. The molecule has 8 nitrogen and oxygen atoms in total. The molecule has 5 rings (SSSR count). The number of aliphatic hydroxyl groups excluding tert-OH is 1. The van der Waals surface area contributed by atoms with Crippen LogP contribution in [0.1, 0.15) is 57.8 Å². The molecule has 4 heterocycles. The number of amides is 2. The number of hydrogen-bond acceptors (Lipinski definition) is 6. The van der Waals surface area contributed by atoms with E-state index < -0.39 is 0 Å². The fourth-order valence-electron chi connectivity index (χ4n) is 6.14. The quantitative estimate of drug-likeness (QED) is 0.770. The molecule has 1 atom stereocenters. The summed E-state index contributed by atoms with van der Waals surface area (Å²) in [7, 11) is 1.63. The van der Waals surface area contributed by atoms with Crippen LogP contribution in [0.3, 0.4) is 0 Å². The van der Waals surface area contributed by atoms with Crippen LogP contribution in [0.15, 0.2) is 12.3 Å². The molecule has 1 spiro atoms. The maximum Gasteiger partial charge on any atom is 0.230 e. The Morgan fingerprint density at radius 2 is 1.91 bits per heavy atom. The molecule has 8 heteroatoms. The van der Waals surface area contributed by atoms with Gasteiger partial charge in [0, 0.05) is 44.7 Å². The second-order valence-corrected chi connectivity index (χ2v) is 9.88. The van der Waals surface area contributed by atoms with Gasteiger partial charge in [0.15, 0.2) is 11.6 Å². The molecule has 1 saturated carbocycles. The van der Waals surface area contributed by atoms with Crippen molar-refractivity contribution in [2.75, 3.05) is 43.1 Å². The van der Waals surface area contributed by atoms with Crippen LogP contribution in [-0.4, -0.2) is 72.2 Å². The molecule has 4 fully saturated rings. The van der Waals surface area contributed by atoms with Crippen molar-refractivity contribution in [3.8, 4) is 5.75 Å². The Balaban J connectivity index is 1.34. The number of likely N-dealkylation sites (tertiary alicyclic amines) is 1. The number of hydrogen-bond donors (Lipinski definition) is 1. The van der Waals surface area contributed by atoms with Gasteiger partial charge in [0.1, 0.15) is 0 Å². The number of aliphatic hydroxyl groups is 1. The SMILES string of the molecule is COc1cc(N2CCCC2=O)cnc1N1CCC[C@]2(CCN([C@H]3CC[C@@H](O)CC3)C2=O)C1. The van der Waals surface area contributed by atoms with Gasteiger partial charge in [0.2, 0.25) is 11.8 Å². The Morgan fingerprint density at radius 3 is 2.62 bits per heavy atom. The van der Waals surface area contributed by atoms with Crippen molar-refractivity contribution >= 4 is 23.3 Å². The summed E-state index contributed by atoms with van der Waals surface area (Å²) in [6, 6.07) is 2.17. The fourth-order valence-corrected chi connectivity index (χ4v) is 6.14. The van der Waals surface area contributed by atoms with E-state index in [1.165, 1.54) is 0 Å². The van der Waals surface area contributed by atoms with Gasteiger partial charge in [-0.05, 0) is 51.4 Å². The highest BCUT2D eigenvalue weighted by Gasteiger charge is 2.51. The van der Waals surface area contributed by atoms with Gasteiger partial charge in [0.25, 0.3) is 0 Å². The zero-order valence-electron chi connectivity index (χ0n) is 19.0. The Labute approximate surface area is 189 Å². The van der Waals surface area contributed by atoms with Gasteiger partial charge in [-0.2, -0.15) is 0 Å². The molecule has 3 aliphatic heterocycles. The summed E-state index contributed by atoms with van der Waals surface area (Å²) >= 11 is 0. The van der Waals surface area contributed by atoms with Crippen LogP contribution in [0.25, 0.3) is 0 Å². The molecular formula is C24H34N4O4. The van der Waals surface area contributed by atoms with Crippen molar-refractivity contribution in [1.29, 1.82) is 0 Å². The first-order valence-corrected chi connectivity index (χ1v) is 12.1. The number of carbonyl (C=O) groups excluding carboxylic acids is 2. The zero-order valence-corrected chi connectivity index (χ0v) is 19.0.